The third-order valence-corrected chi connectivity index (χ3v) is 3.03. The fourth-order valence-electron chi connectivity index (χ4n) is 1.94. The van der Waals surface area contributed by atoms with Gasteiger partial charge in [0.05, 0.1) is 7.11 Å². The maximum absolute atomic E-state index is 12.1. The van der Waals surface area contributed by atoms with Crippen molar-refractivity contribution in [2.75, 3.05) is 7.11 Å². The van der Waals surface area contributed by atoms with Crippen LogP contribution in [0.15, 0.2) is 42.7 Å². The minimum atomic E-state index is -0.164. The van der Waals surface area contributed by atoms with Crippen LogP contribution in [0, 0.1) is 0 Å². The number of hydrogen-bond acceptors (Lipinski definition) is 5. The zero-order valence-corrected chi connectivity index (χ0v) is 11.3. The van der Waals surface area contributed by atoms with Gasteiger partial charge in [0.1, 0.15) is 0 Å². The maximum Gasteiger partial charge on any atom is 0.243 e. The van der Waals surface area contributed by atoms with Gasteiger partial charge in [-0.25, -0.2) is 9.97 Å². The molecule has 0 radical (unpaired) electrons. The average Bonchev–Trinajstić information content (AvgIpc) is 2.53. The predicted molar refractivity (Wildman–Crippen MR) is 75.5 cm³/mol. The number of methoxy groups -OCH3 is 1. The van der Waals surface area contributed by atoms with Crippen LogP contribution in [0.3, 0.4) is 0 Å². The summed E-state index contributed by atoms with van der Waals surface area (Å²) in [5.41, 5.74) is 7.35. The molecule has 0 amide bonds. The van der Waals surface area contributed by atoms with Gasteiger partial charge >= 0.3 is 0 Å². The Morgan fingerprint density at radius 3 is 2.65 bits per heavy atom. The fourth-order valence-corrected chi connectivity index (χ4v) is 1.94. The van der Waals surface area contributed by atoms with Crippen LogP contribution in [-0.2, 0) is 0 Å². The molecule has 5 heteroatoms. The lowest BCUT2D eigenvalue weighted by atomic mass is 10.0. The van der Waals surface area contributed by atoms with E-state index in [0.29, 0.717) is 12.8 Å². The molecule has 1 atom stereocenters. The molecule has 1 aromatic carbocycles. The molecule has 2 N–H and O–H groups in total. The zero-order valence-electron chi connectivity index (χ0n) is 11.3. The highest BCUT2D eigenvalue weighted by Crippen LogP contribution is 2.19. The van der Waals surface area contributed by atoms with Crippen LogP contribution < -0.4 is 10.5 Å². The first kappa shape index (κ1) is 14.1. The lowest BCUT2D eigenvalue weighted by molar-refractivity contribution is 0.0968. The second kappa shape index (κ2) is 6.77. The summed E-state index contributed by atoms with van der Waals surface area (Å²) >= 11 is 0. The number of carbonyl (C=O) groups excluding carboxylic acids is 1. The van der Waals surface area contributed by atoms with Gasteiger partial charge in [-0.1, -0.05) is 30.3 Å². The molecule has 0 fully saturated rings. The Morgan fingerprint density at radius 2 is 1.95 bits per heavy atom. The summed E-state index contributed by atoms with van der Waals surface area (Å²) in [6, 6.07) is 9.55. The van der Waals surface area contributed by atoms with Crippen LogP contribution in [0.5, 0.6) is 5.88 Å². The van der Waals surface area contributed by atoms with Crippen molar-refractivity contribution in [2.24, 2.45) is 5.73 Å². The Hall–Kier alpha value is -2.27. The highest BCUT2D eigenvalue weighted by Gasteiger charge is 2.16. The van der Waals surface area contributed by atoms with E-state index in [0.717, 1.165) is 5.56 Å². The molecule has 5 nitrogen and oxygen atoms in total. The van der Waals surface area contributed by atoms with E-state index in [9.17, 15) is 4.79 Å². The van der Waals surface area contributed by atoms with Crippen LogP contribution in [0.2, 0.25) is 0 Å². The van der Waals surface area contributed by atoms with Crippen LogP contribution >= 0.6 is 0 Å². The fraction of sp³-hybridized carbons (Fsp3) is 0.267. The lowest BCUT2D eigenvalue weighted by Crippen LogP contribution is -2.13. The van der Waals surface area contributed by atoms with E-state index in [4.69, 9.17) is 10.5 Å². The highest BCUT2D eigenvalue weighted by atomic mass is 16.5. The van der Waals surface area contributed by atoms with Gasteiger partial charge in [-0.3, -0.25) is 4.79 Å². The van der Waals surface area contributed by atoms with Gasteiger partial charge in [0, 0.05) is 24.9 Å². The summed E-state index contributed by atoms with van der Waals surface area (Å²) in [4.78, 5) is 20.1. The Kier molecular flexibility index (Phi) is 4.79. The average molecular weight is 271 g/mol. The molecule has 1 aromatic heterocycles. The van der Waals surface area contributed by atoms with Gasteiger partial charge in [-0.05, 0) is 12.0 Å². The number of hydrogen-bond donors (Lipinski definition) is 1. The summed E-state index contributed by atoms with van der Waals surface area (Å²) in [6.07, 6.45) is 3.84. The number of Topliss-reactive ketones (excluding diaryl/α,β-unsaturated/α-hetero) is 1. The second-order valence-electron chi connectivity index (χ2n) is 4.39. The number of ether oxygens (including phenoxy) is 1. The van der Waals surface area contributed by atoms with Gasteiger partial charge in [-0.15, -0.1) is 0 Å². The van der Waals surface area contributed by atoms with Gasteiger partial charge in [0.15, 0.2) is 11.5 Å². The van der Waals surface area contributed by atoms with Crippen molar-refractivity contribution in [2.45, 2.75) is 18.9 Å². The first-order valence-electron chi connectivity index (χ1n) is 6.41. The normalized spacial score (nSPS) is 11.9. The van der Waals surface area contributed by atoms with Gasteiger partial charge in [0.25, 0.3) is 0 Å². The number of benzene rings is 1. The first-order valence-corrected chi connectivity index (χ1v) is 6.41. The van der Waals surface area contributed by atoms with Crippen LogP contribution in [0.1, 0.15) is 34.9 Å². The van der Waals surface area contributed by atoms with E-state index in [-0.39, 0.29) is 23.4 Å². The Bertz CT molecular complexity index is 572. The van der Waals surface area contributed by atoms with E-state index in [2.05, 4.69) is 9.97 Å². The maximum atomic E-state index is 12.1. The monoisotopic (exact) mass is 271 g/mol. The molecule has 0 saturated carbocycles. The van der Waals surface area contributed by atoms with Crippen molar-refractivity contribution in [1.82, 2.24) is 9.97 Å². The molecule has 0 bridgehead atoms. The Labute approximate surface area is 117 Å². The van der Waals surface area contributed by atoms with Crippen molar-refractivity contribution in [3.8, 4) is 5.88 Å². The number of aromatic nitrogens is 2. The van der Waals surface area contributed by atoms with Crippen molar-refractivity contribution < 1.29 is 9.53 Å². The van der Waals surface area contributed by atoms with E-state index < -0.39 is 0 Å². The summed E-state index contributed by atoms with van der Waals surface area (Å²) in [5, 5.41) is 0. The molecule has 0 aliphatic rings. The SMILES string of the molecule is COc1nccnc1C(=O)CCC(N)c1ccccc1. The molecular weight excluding hydrogens is 254 g/mol. The molecule has 0 saturated heterocycles. The standard InChI is InChI=1S/C15H17N3O2/c1-20-15-14(17-9-10-18-15)13(19)8-7-12(16)11-5-3-2-4-6-11/h2-6,9-10,12H,7-8,16H2,1H3. The minimum Gasteiger partial charge on any atom is -0.479 e. The number of rotatable bonds is 6. The first-order chi connectivity index (χ1) is 9.72. The van der Waals surface area contributed by atoms with E-state index in [1.54, 1.807) is 0 Å². The van der Waals surface area contributed by atoms with E-state index in [1.165, 1.54) is 19.5 Å². The quantitative estimate of drug-likeness (QED) is 0.814. The van der Waals surface area contributed by atoms with Crippen LogP contribution in [0.4, 0.5) is 0 Å². The molecular formula is C15H17N3O2. The van der Waals surface area contributed by atoms with Crippen molar-refractivity contribution in [3.05, 3.63) is 54.0 Å². The summed E-state index contributed by atoms with van der Waals surface area (Å²) in [6.45, 7) is 0. The molecule has 104 valence electrons. The van der Waals surface area contributed by atoms with Crippen LogP contribution in [0.25, 0.3) is 0 Å². The highest BCUT2D eigenvalue weighted by molar-refractivity contribution is 5.96. The molecule has 2 aromatic rings. The van der Waals surface area contributed by atoms with Gasteiger partial charge in [-0.2, -0.15) is 0 Å². The predicted octanol–water partition coefficient (Wildman–Crippen LogP) is 2.15. The lowest BCUT2D eigenvalue weighted by Gasteiger charge is -2.11. The topological polar surface area (TPSA) is 78.1 Å². The summed E-state index contributed by atoms with van der Waals surface area (Å²) in [7, 11) is 1.47. The minimum absolute atomic E-state index is 0.110. The Morgan fingerprint density at radius 1 is 1.25 bits per heavy atom. The number of carbonyl (C=O) groups is 1. The Balaban J connectivity index is 1.99. The number of nitrogens with zero attached hydrogens (tertiary/aromatic N) is 2. The van der Waals surface area contributed by atoms with Crippen LogP contribution in [-0.4, -0.2) is 22.9 Å². The zero-order chi connectivity index (χ0) is 14.4. The second-order valence-corrected chi connectivity index (χ2v) is 4.39. The molecule has 20 heavy (non-hydrogen) atoms. The smallest absolute Gasteiger partial charge is 0.243 e. The molecule has 0 spiro atoms. The van der Waals surface area contributed by atoms with E-state index >= 15 is 0 Å². The van der Waals surface area contributed by atoms with E-state index in [1.807, 2.05) is 30.3 Å². The largest absolute Gasteiger partial charge is 0.479 e. The third-order valence-electron chi connectivity index (χ3n) is 3.03. The summed E-state index contributed by atoms with van der Waals surface area (Å²) < 4.78 is 5.03. The van der Waals surface area contributed by atoms with Crippen molar-refractivity contribution in [3.63, 3.8) is 0 Å². The number of ketones is 1. The molecule has 0 aliphatic heterocycles. The molecule has 1 unspecified atom stereocenters. The van der Waals surface area contributed by atoms with Gasteiger partial charge in [0.2, 0.25) is 5.88 Å². The molecule has 0 aliphatic carbocycles. The summed E-state index contributed by atoms with van der Waals surface area (Å²) in [5.74, 6) is 0.145. The third kappa shape index (κ3) is 3.39. The van der Waals surface area contributed by atoms with Gasteiger partial charge < -0.3 is 10.5 Å². The number of nitrogens with two attached hydrogens (primary N) is 1. The molecule has 1 heterocycles. The van der Waals surface area contributed by atoms with Crippen molar-refractivity contribution in [1.29, 1.82) is 0 Å². The van der Waals surface area contributed by atoms with Crippen molar-refractivity contribution >= 4 is 5.78 Å². The molecule has 2 rings (SSSR count).